The number of carbonyl (C=O) groups is 1. The monoisotopic (exact) mass is 503 g/mol. The first kappa shape index (κ1) is 27.2. The third-order valence-corrected chi connectivity index (χ3v) is 8.59. The fraction of sp³-hybridized carbons (Fsp3) is 0.536. The van der Waals surface area contributed by atoms with Crippen LogP contribution in [0.25, 0.3) is 0 Å². The number of ether oxygens (including phenoxy) is 1. The molecule has 0 aliphatic carbocycles. The summed E-state index contributed by atoms with van der Waals surface area (Å²) < 4.78 is 44.5. The van der Waals surface area contributed by atoms with E-state index in [1.54, 1.807) is 7.11 Å². The topological polar surface area (TPSA) is 63.7 Å². The van der Waals surface area contributed by atoms with Crippen LogP contribution in [0.1, 0.15) is 75.9 Å². The van der Waals surface area contributed by atoms with Gasteiger partial charge in [-0.1, -0.05) is 41.5 Å². The van der Waals surface area contributed by atoms with Gasteiger partial charge in [0, 0.05) is 29.8 Å². The zero-order valence-corrected chi connectivity index (χ0v) is 22.8. The quantitative estimate of drug-likeness (QED) is 0.487. The van der Waals surface area contributed by atoms with E-state index in [0.717, 1.165) is 16.9 Å². The molecule has 0 aromatic heterocycles. The minimum absolute atomic E-state index is 0.00550. The Labute approximate surface area is 209 Å². The highest BCUT2D eigenvalue weighted by Crippen LogP contribution is 2.41. The number of halogens is 1. The highest BCUT2D eigenvalue weighted by atomic mass is 32.2. The average molecular weight is 504 g/mol. The molecule has 2 aromatic carbocycles. The number of rotatable bonds is 5. The third-order valence-electron chi connectivity index (χ3n) is 6.69. The molecule has 1 fully saturated rings. The van der Waals surface area contributed by atoms with Crippen LogP contribution < -0.4 is 4.74 Å². The Morgan fingerprint density at radius 1 is 0.971 bits per heavy atom. The van der Waals surface area contributed by atoms with Crippen LogP contribution in [0.3, 0.4) is 0 Å². The number of nitrogens with zero attached hydrogens (tertiary/aromatic N) is 1. The van der Waals surface area contributed by atoms with E-state index < -0.39 is 15.7 Å². The molecule has 1 aliphatic rings. The first-order valence-electron chi connectivity index (χ1n) is 12.1. The van der Waals surface area contributed by atoms with Gasteiger partial charge in [0.15, 0.2) is 9.84 Å². The fourth-order valence-corrected chi connectivity index (χ4v) is 6.32. The van der Waals surface area contributed by atoms with Crippen LogP contribution in [0.4, 0.5) is 4.39 Å². The number of hydrogen-bond donors (Lipinski definition) is 0. The maximum atomic E-state index is 13.5. The summed E-state index contributed by atoms with van der Waals surface area (Å²) >= 11 is 0. The average Bonchev–Trinajstić information content (AvgIpc) is 2.77. The van der Waals surface area contributed by atoms with Gasteiger partial charge in [-0.05, 0) is 66.0 Å². The molecule has 3 rings (SSSR count). The SMILES string of the molecule is COc1c(C(C)(C)C)cc(C(=O)N2CCC(CS(=O)(=O)c3ccc(F)cc3)CC2)cc1C(C)(C)C. The molecule has 0 saturated carbocycles. The standard InChI is InChI=1S/C28H38FNO4S/c1-27(2,3)23-16-20(17-24(25(23)34-7)28(4,5)6)26(31)30-14-12-19(13-15-30)18-35(32,33)22-10-8-21(29)9-11-22/h8-11,16-17,19H,12-15,18H2,1-7H3. The van der Waals surface area contributed by atoms with E-state index in [1.807, 2.05) is 17.0 Å². The number of sulfone groups is 1. The molecule has 5 nitrogen and oxygen atoms in total. The van der Waals surface area contributed by atoms with Crippen molar-refractivity contribution in [1.82, 2.24) is 4.90 Å². The van der Waals surface area contributed by atoms with E-state index in [1.165, 1.54) is 24.3 Å². The number of benzene rings is 2. The molecule has 1 saturated heterocycles. The van der Waals surface area contributed by atoms with Crippen LogP contribution in [0.2, 0.25) is 0 Å². The molecule has 192 valence electrons. The van der Waals surface area contributed by atoms with Crippen molar-refractivity contribution in [2.75, 3.05) is 26.0 Å². The summed E-state index contributed by atoms with van der Waals surface area (Å²) in [7, 11) is -1.83. The summed E-state index contributed by atoms with van der Waals surface area (Å²) in [5.41, 5.74) is 2.22. The Morgan fingerprint density at radius 2 is 1.46 bits per heavy atom. The summed E-state index contributed by atoms with van der Waals surface area (Å²) in [5.74, 6) is 0.291. The Kier molecular flexibility index (Phi) is 7.70. The molecular formula is C28H38FNO4S. The molecule has 2 aromatic rings. The van der Waals surface area contributed by atoms with Gasteiger partial charge < -0.3 is 9.64 Å². The Morgan fingerprint density at radius 3 is 1.89 bits per heavy atom. The van der Waals surface area contributed by atoms with Gasteiger partial charge in [-0.2, -0.15) is 0 Å². The number of piperidine rings is 1. The largest absolute Gasteiger partial charge is 0.496 e. The number of methoxy groups -OCH3 is 1. The zero-order valence-electron chi connectivity index (χ0n) is 21.9. The fourth-order valence-electron chi connectivity index (χ4n) is 4.62. The van der Waals surface area contributed by atoms with E-state index in [2.05, 4.69) is 41.5 Å². The number of carbonyl (C=O) groups excluding carboxylic acids is 1. The molecule has 0 radical (unpaired) electrons. The van der Waals surface area contributed by atoms with Gasteiger partial charge in [0.05, 0.1) is 17.8 Å². The van der Waals surface area contributed by atoms with Gasteiger partial charge in [-0.25, -0.2) is 12.8 Å². The second-order valence-electron chi connectivity index (χ2n) is 11.6. The van der Waals surface area contributed by atoms with E-state index in [9.17, 15) is 17.6 Å². The number of hydrogen-bond acceptors (Lipinski definition) is 4. The summed E-state index contributed by atoms with van der Waals surface area (Å²) in [6.45, 7) is 13.7. The first-order chi connectivity index (χ1) is 16.1. The Balaban J connectivity index is 1.78. The molecule has 0 spiro atoms. The molecule has 1 amide bonds. The smallest absolute Gasteiger partial charge is 0.253 e. The van der Waals surface area contributed by atoms with Crippen molar-refractivity contribution in [3.8, 4) is 5.75 Å². The zero-order chi connectivity index (χ0) is 26.2. The summed E-state index contributed by atoms with van der Waals surface area (Å²) in [4.78, 5) is 15.5. The highest BCUT2D eigenvalue weighted by molar-refractivity contribution is 7.91. The molecule has 0 N–H and O–H groups in total. The Bertz CT molecular complexity index is 1130. The minimum Gasteiger partial charge on any atom is -0.496 e. The van der Waals surface area contributed by atoms with Gasteiger partial charge in [0.2, 0.25) is 0 Å². The molecule has 1 heterocycles. The van der Waals surface area contributed by atoms with Gasteiger partial charge in [-0.3, -0.25) is 4.79 Å². The van der Waals surface area contributed by atoms with Gasteiger partial charge >= 0.3 is 0 Å². The molecular weight excluding hydrogens is 465 g/mol. The van der Waals surface area contributed by atoms with Crippen molar-refractivity contribution in [3.05, 3.63) is 58.9 Å². The molecule has 0 unspecified atom stereocenters. The molecule has 35 heavy (non-hydrogen) atoms. The van der Waals surface area contributed by atoms with E-state index in [-0.39, 0.29) is 33.3 Å². The van der Waals surface area contributed by atoms with Crippen molar-refractivity contribution in [2.24, 2.45) is 5.92 Å². The lowest BCUT2D eigenvalue weighted by molar-refractivity contribution is 0.0698. The van der Waals surface area contributed by atoms with Crippen molar-refractivity contribution < 1.29 is 22.3 Å². The van der Waals surface area contributed by atoms with E-state index in [4.69, 9.17) is 4.74 Å². The van der Waals surface area contributed by atoms with Gasteiger partial charge in [0.1, 0.15) is 11.6 Å². The summed E-state index contributed by atoms with van der Waals surface area (Å²) in [5, 5.41) is 0. The van der Waals surface area contributed by atoms with E-state index >= 15 is 0 Å². The molecule has 0 atom stereocenters. The van der Waals surface area contributed by atoms with Crippen LogP contribution in [-0.4, -0.2) is 45.2 Å². The van der Waals surface area contributed by atoms with Crippen molar-refractivity contribution in [3.63, 3.8) is 0 Å². The summed E-state index contributed by atoms with van der Waals surface area (Å²) in [6.07, 6.45) is 1.22. The second-order valence-corrected chi connectivity index (χ2v) is 13.6. The lowest BCUT2D eigenvalue weighted by atomic mass is 9.78. The number of likely N-dealkylation sites (tertiary alicyclic amines) is 1. The van der Waals surface area contributed by atoms with E-state index in [0.29, 0.717) is 31.5 Å². The molecule has 1 aliphatic heterocycles. The lowest BCUT2D eigenvalue weighted by Crippen LogP contribution is -2.40. The lowest BCUT2D eigenvalue weighted by Gasteiger charge is -2.33. The maximum absolute atomic E-state index is 13.5. The van der Waals surface area contributed by atoms with Gasteiger partial charge in [0.25, 0.3) is 5.91 Å². The summed E-state index contributed by atoms with van der Waals surface area (Å²) in [6, 6.07) is 8.85. The van der Waals surface area contributed by atoms with Gasteiger partial charge in [-0.15, -0.1) is 0 Å². The molecule has 0 bridgehead atoms. The van der Waals surface area contributed by atoms with Crippen LogP contribution in [0, 0.1) is 11.7 Å². The minimum atomic E-state index is -3.50. The first-order valence-corrected chi connectivity index (χ1v) is 13.8. The molecule has 7 heteroatoms. The second kappa shape index (κ2) is 9.92. The van der Waals surface area contributed by atoms with Crippen molar-refractivity contribution in [1.29, 1.82) is 0 Å². The highest BCUT2D eigenvalue weighted by Gasteiger charge is 2.32. The van der Waals surface area contributed by atoms with Crippen molar-refractivity contribution in [2.45, 2.75) is 70.1 Å². The van der Waals surface area contributed by atoms with Crippen LogP contribution in [0.5, 0.6) is 5.75 Å². The number of amides is 1. The third kappa shape index (κ3) is 6.24. The van der Waals surface area contributed by atoms with Crippen LogP contribution in [-0.2, 0) is 20.7 Å². The van der Waals surface area contributed by atoms with Crippen molar-refractivity contribution >= 4 is 15.7 Å². The predicted molar refractivity (Wildman–Crippen MR) is 137 cm³/mol. The normalized spacial score (nSPS) is 15.8. The van der Waals surface area contributed by atoms with Crippen LogP contribution in [0.15, 0.2) is 41.3 Å². The Hall–Kier alpha value is -2.41. The predicted octanol–water partition coefficient (Wildman–Crippen LogP) is 5.76. The van der Waals surface area contributed by atoms with Crippen LogP contribution >= 0.6 is 0 Å². The maximum Gasteiger partial charge on any atom is 0.253 e.